The first-order chi connectivity index (χ1) is 10.8. The maximum atomic E-state index is 2.29. The van der Waals surface area contributed by atoms with E-state index in [9.17, 15) is 0 Å². The minimum Gasteiger partial charge on any atom is -0.309 e. The highest BCUT2D eigenvalue weighted by Crippen LogP contribution is 2.12. The Bertz CT molecular complexity index is 337. The van der Waals surface area contributed by atoms with Gasteiger partial charge in [-0.05, 0) is 45.5 Å². The molecule has 1 rings (SSSR count). The zero-order valence-electron chi connectivity index (χ0n) is 15.4. The van der Waals surface area contributed by atoms with Crippen molar-refractivity contribution in [2.75, 3.05) is 20.6 Å². The van der Waals surface area contributed by atoms with Crippen LogP contribution in [0, 0.1) is 0 Å². The Morgan fingerprint density at radius 1 is 0.609 bits per heavy atom. The van der Waals surface area contributed by atoms with Crippen molar-refractivity contribution in [2.45, 2.75) is 77.0 Å². The predicted octanol–water partition coefficient (Wildman–Crippen LogP) is 6.70. The average Bonchev–Trinajstić information content (AvgIpc) is 2.52. The monoisotopic (exact) mass is 431 g/mol. The second kappa shape index (κ2) is 16.8. The summed E-state index contributed by atoms with van der Waals surface area (Å²) in [6.45, 7) is 1.25. The lowest BCUT2D eigenvalue weighted by atomic mass is 10.0. The Morgan fingerprint density at radius 3 is 1.52 bits per heavy atom. The van der Waals surface area contributed by atoms with E-state index in [1.165, 1.54) is 89.2 Å². The largest absolute Gasteiger partial charge is 0.309 e. The summed E-state index contributed by atoms with van der Waals surface area (Å²) in [5.41, 5.74) is 1.50. The molecule has 0 aliphatic carbocycles. The van der Waals surface area contributed by atoms with Gasteiger partial charge in [0.15, 0.2) is 0 Å². The maximum absolute atomic E-state index is 2.29. The summed E-state index contributed by atoms with van der Waals surface area (Å²) in [5, 5.41) is 0. The van der Waals surface area contributed by atoms with Gasteiger partial charge in [0.1, 0.15) is 0 Å². The van der Waals surface area contributed by atoms with Crippen molar-refractivity contribution in [2.24, 2.45) is 0 Å². The summed E-state index contributed by atoms with van der Waals surface area (Å²) in [6.07, 6.45) is 16.9. The van der Waals surface area contributed by atoms with E-state index in [1.54, 1.807) is 0 Å². The Balaban J connectivity index is 0.00000484. The van der Waals surface area contributed by atoms with Crippen LogP contribution in [0.4, 0.5) is 0 Å². The van der Waals surface area contributed by atoms with Crippen LogP contribution in [0.5, 0.6) is 0 Å². The van der Waals surface area contributed by atoms with Gasteiger partial charge < -0.3 is 4.90 Å². The lowest BCUT2D eigenvalue weighted by molar-refractivity contribution is 0.389. The average molecular weight is 431 g/mol. The van der Waals surface area contributed by atoms with Crippen molar-refractivity contribution in [3.8, 4) is 0 Å². The minimum atomic E-state index is 0. The Hall–Kier alpha value is -0.0900. The highest BCUT2D eigenvalue weighted by atomic mass is 127. The molecule has 134 valence electrons. The number of benzene rings is 1. The molecule has 0 saturated carbocycles. The Morgan fingerprint density at radius 2 is 1.04 bits per heavy atom. The molecule has 0 unspecified atom stereocenters. The van der Waals surface area contributed by atoms with Gasteiger partial charge in [0.25, 0.3) is 0 Å². The fourth-order valence-electron chi connectivity index (χ4n) is 2.99. The summed E-state index contributed by atoms with van der Waals surface area (Å²) < 4.78 is 0. The maximum Gasteiger partial charge on any atom is -0.00248 e. The molecule has 0 aromatic heterocycles. The van der Waals surface area contributed by atoms with Crippen LogP contribution < -0.4 is 0 Å². The second-order valence-corrected chi connectivity index (χ2v) is 6.93. The molecule has 0 amide bonds. The molecule has 0 saturated heterocycles. The van der Waals surface area contributed by atoms with Crippen LogP contribution in [0.25, 0.3) is 0 Å². The highest BCUT2D eigenvalue weighted by molar-refractivity contribution is 14.0. The van der Waals surface area contributed by atoms with E-state index in [1.807, 2.05) is 0 Å². The highest BCUT2D eigenvalue weighted by Gasteiger charge is 1.95. The number of hydrogen-bond donors (Lipinski definition) is 0. The molecule has 1 nitrogen and oxygen atoms in total. The second-order valence-electron chi connectivity index (χ2n) is 6.93. The molecule has 0 bridgehead atoms. The molecule has 0 fully saturated rings. The molecule has 0 aliphatic heterocycles. The first-order valence-electron chi connectivity index (χ1n) is 9.47. The van der Waals surface area contributed by atoms with Crippen molar-refractivity contribution >= 4 is 24.0 Å². The molecular weight excluding hydrogens is 393 g/mol. The molecule has 0 atom stereocenters. The number of nitrogens with zero attached hydrogens (tertiary/aromatic N) is 1. The molecule has 0 heterocycles. The van der Waals surface area contributed by atoms with E-state index in [0.29, 0.717) is 0 Å². The smallest absolute Gasteiger partial charge is 0.00248 e. The number of unbranched alkanes of at least 4 members (excludes halogenated alkanes) is 10. The molecule has 0 radical (unpaired) electrons. The zero-order valence-corrected chi connectivity index (χ0v) is 17.8. The minimum absolute atomic E-state index is 0. The SMILES string of the molecule is CN(C)CCCCCCCCCCCCCc1ccccc1.I. The molecule has 0 N–H and O–H groups in total. The van der Waals surface area contributed by atoms with Gasteiger partial charge in [-0.3, -0.25) is 0 Å². The van der Waals surface area contributed by atoms with Crippen molar-refractivity contribution < 1.29 is 0 Å². The fourth-order valence-corrected chi connectivity index (χ4v) is 2.99. The van der Waals surface area contributed by atoms with Gasteiger partial charge in [0.05, 0.1) is 0 Å². The molecule has 0 spiro atoms. The fraction of sp³-hybridized carbons (Fsp3) is 0.714. The van der Waals surface area contributed by atoms with Crippen molar-refractivity contribution in [3.63, 3.8) is 0 Å². The first-order valence-corrected chi connectivity index (χ1v) is 9.47. The summed E-state index contributed by atoms with van der Waals surface area (Å²) in [5.74, 6) is 0. The number of hydrogen-bond acceptors (Lipinski definition) is 1. The van der Waals surface area contributed by atoms with E-state index >= 15 is 0 Å². The normalized spacial score (nSPS) is 10.7. The number of halogens is 1. The zero-order chi connectivity index (χ0) is 15.9. The van der Waals surface area contributed by atoms with Gasteiger partial charge in [-0.25, -0.2) is 0 Å². The summed E-state index contributed by atoms with van der Waals surface area (Å²) >= 11 is 0. The standard InChI is InChI=1S/C21H37N.HI/c1-22(2)20-16-11-9-7-5-3-4-6-8-10-13-17-21-18-14-12-15-19-21;/h12,14-15,18-19H,3-11,13,16-17,20H2,1-2H3;1H. The van der Waals surface area contributed by atoms with Crippen molar-refractivity contribution in [1.29, 1.82) is 0 Å². The molecule has 1 aromatic rings. The summed E-state index contributed by atoms with van der Waals surface area (Å²) in [7, 11) is 4.33. The van der Waals surface area contributed by atoms with Crippen molar-refractivity contribution in [3.05, 3.63) is 35.9 Å². The van der Waals surface area contributed by atoms with Gasteiger partial charge in [-0.15, -0.1) is 24.0 Å². The first kappa shape index (κ1) is 22.9. The van der Waals surface area contributed by atoms with Crippen LogP contribution in [0.15, 0.2) is 30.3 Å². The van der Waals surface area contributed by atoms with Gasteiger partial charge in [0, 0.05) is 0 Å². The quantitative estimate of drug-likeness (QED) is 0.234. The lowest BCUT2D eigenvalue weighted by Crippen LogP contribution is -2.12. The van der Waals surface area contributed by atoms with Gasteiger partial charge in [-0.2, -0.15) is 0 Å². The number of rotatable bonds is 14. The summed E-state index contributed by atoms with van der Waals surface area (Å²) in [4.78, 5) is 2.29. The third kappa shape index (κ3) is 15.2. The number of aryl methyl sites for hydroxylation is 1. The van der Waals surface area contributed by atoms with E-state index in [0.717, 1.165) is 0 Å². The van der Waals surface area contributed by atoms with Gasteiger partial charge in [0.2, 0.25) is 0 Å². The molecule has 0 aliphatic rings. The summed E-state index contributed by atoms with van der Waals surface area (Å²) in [6, 6.07) is 10.9. The molecule has 2 heteroatoms. The Kier molecular flexibility index (Phi) is 16.7. The van der Waals surface area contributed by atoms with Crippen LogP contribution in [0.1, 0.15) is 76.2 Å². The van der Waals surface area contributed by atoms with E-state index in [4.69, 9.17) is 0 Å². The lowest BCUT2D eigenvalue weighted by Gasteiger charge is -2.08. The van der Waals surface area contributed by atoms with E-state index in [-0.39, 0.29) is 24.0 Å². The van der Waals surface area contributed by atoms with Crippen LogP contribution in [-0.4, -0.2) is 25.5 Å². The van der Waals surface area contributed by atoms with Crippen molar-refractivity contribution in [1.82, 2.24) is 4.90 Å². The van der Waals surface area contributed by atoms with E-state index < -0.39 is 0 Å². The molecule has 23 heavy (non-hydrogen) atoms. The molecule has 1 aromatic carbocycles. The molecular formula is C21H38IN. The van der Waals surface area contributed by atoms with E-state index in [2.05, 4.69) is 49.3 Å². The van der Waals surface area contributed by atoms with Crippen LogP contribution in [0.3, 0.4) is 0 Å². The topological polar surface area (TPSA) is 3.24 Å². The van der Waals surface area contributed by atoms with Crippen LogP contribution in [0.2, 0.25) is 0 Å². The van der Waals surface area contributed by atoms with Crippen LogP contribution in [-0.2, 0) is 6.42 Å². The third-order valence-corrected chi connectivity index (χ3v) is 4.41. The third-order valence-electron chi connectivity index (χ3n) is 4.41. The predicted molar refractivity (Wildman–Crippen MR) is 115 cm³/mol. The van der Waals surface area contributed by atoms with Crippen LogP contribution >= 0.6 is 24.0 Å². The van der Waals surface area contributed by atoms with Gasteiger partial charge >= 0.3 is 0 Å². The van der Waals surface area contributed by atoms with Gasteiger partial charge in [-0.1, -0.05) is 88.1 Å². The Labute approximate surface area is 162 Å².